The van der Waals surface area contributed by atoms with Crippen LogP contribution in [0.15, 0.2) is 10.4 Å². The Hall–Kier alpha value is -1.63. The summed E-state index contributed by atoms with van der Waals surface area (Å²) in [5, 5.41) is 17.5. The predicted octanol–water partition coefficient (Wildman–Crippen LogP) is 0.649. The Bertz CT molecular complexity index is 624. The van der Waals surface area contributed by atoms with Gasteiger partial charge in [-0.1, -0.05) is 0 Å². The van der Waals surface area contributed by atoms with Crippen molar-refractivity contribution >= 4 is 57.6 Å². The van der Waals surface area contributed by atoms with Crippen LogP contribution in [-0.2, 0) is 5.75 Å². The number of aliphatic hydroxyl groups excluding tert-OH is 1. The summed E-state index contributed by atoms with van der Waals surface area (Å²) in [6, 6.07) is 0. The highest BCUT2D eigenvalue weighted by Gasteiger charge is 2.06. The fourth-order valence-electron chi connectivity index (χ4n) is 1.54. The van der Waals surface area contributed by atoms with Crippen LogP contribution in [0.4, 0.5) is 16.8 Å². The van der Waals surface area contributed by atoms with E-state index >= 15 is 0 Å². The van der Waals surface area contributed by atoms with Crippen molar-refractivity contribution in [3.8, 4) is 0 Å². The predicted molar refractivity (Wildman–Crippen MR) is 97.7 cm³/mol. The smallest absolute Gasteiger partial charge is 0.212 e. The van der Waals surface area contributed by atoms with Crippen LogP contribution in [0.3, 0.4) is 0 Å². The van der Waals surface area contributed by atoms with Gasteiger partial charge in [0.2, 0.25) is 5.13 Å². The van der Waals surface area contributed by atoms with Crippen molar-refractivity contribution < 1.29 is 5.11 Å². The largest absolute Gasteiger partial charge is 0.395 e. The molecule has 0 aromatic carbocycles. The van der Waals surface area contributed by atoms with Gasteiger partial charge in [0.15, 0.2) is 17.6 Å². The number of nitrogens with two attached hydrogens (primary N) is 2. The van der Waals surface area contributed by atoms with Crippen molar-refractivity contribution in [2.45, 2.75) is 5.75 Å². The van der Waals surface area contributed by atoms with Crippen molar-refractivity contribution in [3.05, 3.63) is 11.1 Å². The maximum absolute atomic E-state index is 8.80. The number of aromatic nitrogens is 3. The summed E-state index contributed by atoms with van der Waals surface area (Å²) in [5.41, 5.74) is 11.6. The van der Waals surface area contributed by atoms with Gasteiger partial charge in [-0.2, -0.15) is 25.5 Å². The molecule has 2 rings (SSSR count). The first-order valence-electron chi connectivity index (χ1n) is 6.72. The molecule has 0 atom stereocenters. The Labute approximate surface area is 145 Å². The minimum Gasteiger partial charge on any atom is -0.395 e. The molecule has 7 N–H and O–H groups in total. The Morgan fingerprint density at radius 2 is 2.00 bits per heavy atom. The summed E-state index contributed by atoms with van der Waals surface area (Å²) in [7, 11) is 0. The molecular weight excluding hydrogens is 356 g/mol. The van der Waals surface area contributed by atoms with Crippen LogP contribution in [0.1, 0.15) is 5.69 Å². The summed E-state index contributed by atoms with van der Waals surface area (Å²) < 4.78 is 8.30. The number of nitrogens with zero attached hydrogens (tertiary/aromatic N) is 4. The standard InChI is InChI=1S/C11H18N8OS3/c12-10(13)17-11-16-7(6-22-11)5-21-4-2-15-9-8(14-1-3-20)18-23-19-9/h6,20H,1-5H2,(H,14,18)(H,15,19)(H4,12,13,16,17). The molecule has 2 aromatic heterocycles. The third kappa shape index (κ3) is 6.17. The van der Waals surface area contributed by atoms with E-state index in [2.05, 4.69) is 29.4 Å². The number of aliphatic imine (C=N–C) groups is 1. The molecule has 12 heteroatoms. The SMILES string of the molecule is NC(N)=Nc1nc(CSCCNc2nsnc2NCCO)cs1. The summed E-state index contributed by atoms with van der Waals surface area (Å²) in [5.74, 6) is 3.10. The van der Waals surface area contributed by atoms with Crippen molar-refractivity contribution in [1.82, 2.24) is 13.7 Å². The maximum Gasteiger partial charge on any atom is 0.212 e. The second kappa shape index (κ2) is 9.50. The number of aliphatic hydroxyl groups is 1. The van der Waals surface area contributed by atoms with Gasteiger partial charge in [0, 0.05) is 30.0 Å². The van der Waals surface area contributed by atoms with E-state index in [1.807, 2.05) is 5.38 Å². The van der Waals surface area contributed by atoms with Gasteiger partial charge >= 0.3 is 0 Å². The lowest BCUT2D eigenvalue weighted by Gasteiger charge is -2.05. The third-order valence-electron chi connectivity index (χ3n) is 2.45. The second-order valence-corrected chi connectivity index (χ2v) is 6.72. The van der Waals surface area contributed by atoms with Gasteiger partial charge in [0.05, 0.1) is 24.0 Å². The molecule has 0 radical (unpaired) electrons. The zero-order chi connectivity index (χ0) is 16.5. The number of thioether (sulfide) groups is 1. The molecule has 0 aliphatic rings. The topological polar surface area (TPSA) is 147 Å². The Morgan fingerprint density at radius 3 is 2.70 bits per heavy atom. The molecule has 2 heterocycles. The van der Waals surface area contributed by atoms with Gasteiger partial charge in [0.25, 0.3) is 0 Å². The first-order valence-corrected chi connectivity index (χ1v) is 9.48. The molecule has 0 fully saturated rings. The van der Waals surface area contributed by atoms with Crippen LogP contribution in [0, 0.1) is 0 Å². The number of anilines is 2. The van der Waals surface area contributed by atoms with E-state index < -0.39 is 0 Å². The highest BCUT2D eigenvalue weighted by atomic mass is 32.2. The number of thiazole rings is 1. The molecule has 2 aromatic rings. The van der Waals surface area contributed by atoms with E-state index in [0.717, 1.165) is 35.5 Å². The van der Waals surface area contributed by atoms with Gasteiger partial charge < -0.3 is 27.2 Å². The molecule has 0 bridgehead atoms. The fourth-order valence-corrected chi connectivity index (χ4v) is 3.60. The molecule has 0 spiro atoms. The summed E-state index contributed by atoms with van der Waals surface area (Å²) in [6.07, 6.45) is 0. The third-order valence-corrected chi connectivity index (χ3v) is 4.75. The molecule has 0 aliphatic carbocycles. The van der Waals surface area contributed by atoms with Gasteiger partial charge in [-0.15, -0.1) is 11.3 Å². The summed E-state index contributed by atoms with van der Waals surface area (Å²) in [4.78, 5) is 8.23. The fraction of sp³-hybridized carbons (Fsp3) is 0.455. The van der Waals surface area contributed by atoms with Gasteiger partial charge in [-0.3, -0.25) is 0 Å². The zero-order valence-corrected chi connectivity index (χ0v) is 14.7. The Balaban J connectivity index is 1.67. The van der Waals surface area contributed by atoms with E-state index in [1.54, 1.807) is 11.8 Å². The van der Waals surface area contributed by atoms with Crippen LogP contribution in [0.25, 0.3) is 0 Å². The number of hydrogen-bond donors (Lipinski definition) is 5. The first-order chi connectivity index (χ1) is 11.2. The lowest BCUT2D eigenvalue weighted by atomic mass is 10.5. The first kappa shape index (κ1) is 17.7. The van der Waals surface area contributed by atoms with Crippen LogP contribution >= 0.6 is 34.8 Å². The molecule has 0 aliphatic heterocycles. The van der Waals surface area contributed by atoms with E-state index in [4.69, 9.17) is 16.6 Å². The lowest BCUT2D eigenvalue weighted by Crippen LogP contribution is -2.21. The van der Waals surface area contributed by atoms with E-state index in [0.29, 0.717) is 23.3 Å². The van der Waals surface area contributed by atoms with Crippen molar-refractivity contribution in [2.24, 2.45) is 16.5 Å². The average Bonchev–Trinajstić information content (AvgIpc) is 3.13. The van der Waals surface area contributed by atoms with E-state index in [-0.39, 0.29) is 12.6 Å². The van der Waals surface area contributed by atoms with Crippen LogP contribution in [0.5, 0.6) is 0 Å². The van der Waals surface area contributed by atoms with Crippen molar-refractivity contribution in [1.29, 1.82) is 0 Å². The molecule has 23 heavy (non-hydrogen) atoms. The quantitative estimate of drug-likeness (QED) is 0.230. The number of hydrogen-bond acceptors (Lipinski definition) is 10. The van der Waals surface area contributed by atoms with Gasteiger partial charge in [0.1, 0.15) is 0 Å². The molecule has 0 unspecified atom stereocenters. The van der Waals surface area contributed by atoms with Crippen LogP contribution in [-0.4, -0.2) is 50.2 Å². The molecule has 0 saturated carbocycles. The van der Waals surface area contributed by atoms with Gasteiger partial charge in [-0.25, -0.2) is 4.98 Å². The summed E-state index contributed by atoms with van der Waals surface area (Å²) in [6.45, 7) is 1.27. The van der Waals surface area contributed by atoms with Crippen molar-refractivity contribution in [2.75, 3.05) is 36.1 Å². The highest BCUT2D eigenvalue weighted by Crippen LogP contribution is 2.22. The lowest BCUT2D eigenvalue weighted by molar-refractivity contribution is 0.311. The summed E-state index contributed by atoms with van der Waals surface area (Å²) >= 11 is 4.30. The van der Waals surface area contributed by atoms with Crippen molar-refractivity contribution in [3.63, 3.8) is 0 Å². The minimum atomic E-state index is 0.0187. The maximum atomic E-state index is 8.80. The van der Waals surface area contributed by atoms with E-state index in [9.17, 15) is 0 Å². The number of nitrogens with one attached hydrogen (secondary N) is 2. The number of rotatable bonds is 10. The molecule has 126 valence electrons. The monoisotopic (exact) mass is 374 g/mol. The minimum absolute atomic E-state index is 0.0187. The molecule has 9 nitrogen and oxygen atoms in total. The van der Waals surface area contributed by atoms with Crippen LogP contribution < -0.4 is 22.1 Å². The average molecular weight is 375 g/mol. The molecule has 0 saturated heterocycles. The molecule has 0 amide bonds. The second-order valence-electron chi connectivity index (χ2n) is 4.25. The normalized spacial score (nSPS) is 10.5. The Morgan fingerprint density at radius 1 is 1.26 bits per heavy atom. The van der Waals surface area contributed by atoms with E-state index in [1.165, 1.54) is 11.3 Å². The number of guanidine groups is 1. The zero-order valence-electron chi connectivity index (χ0n) is 12.2. The van der Waals surface area contributed by atoms with Gasteiger partial charge in [-0.05, 0) is 0 Å². The Kier molecular flexibility index (Phi) is 7.32. The van der Waals surface area contributed by atoms with Crippen LogP contribution in [0.2, 0.25) is 0 Å². The molecular formula is C11H18N8OS3. The highest BCUT2D eigenvalue weighted by molar-refractivity contribution is 7.98.